The zero-order valence-electron chi connectivity index (χ0n) is 9.13. The van der Waals surface area contributed by atoms with Gasteiger partial charge in [-0.25, -0.2) is 0 Å². The summed E-state index contributed by atoms with van der Waals surface area (Å²) in [4.78, 5) is 11.6. The third kappa shape index (κ3) is 3.18. The molecule has 0 radical (unpaired) electrons. The van der Waals surface area contributed by atoms with Crippen LogP contribution in [0.2, 0.25) is 0 Å². The molecule has 2 unspecified atom stereocenters. The van der Waals surface area contributed by atoms with Gasteiger partial charge in [0.25, 0.3) is 0 Å². The lowest BCUT2D eigenvalue weighted by Gasteiger charge is -2.11. The van der Waals surface area contributed by atoms with Crippen molar-refractivity contribution in [3.63, 3.8) is 0 Å². The van der Waals surface area contributed by atoms with Crippen LogP contribution in [0.5, 0.6) is 0 Å². The van der Waals surface area contributed by atoms with Crippen molar-refractivity contribution in [2.75, 3.05) is 32.8 Å². The van der Waals surface area contributed by atoms with E-state index in [0.717, 1.165) is 52.1 Å². The van der Waals surface area contributed by atoms with Crippen LogP contribution in [0.15, 0.2) is 0 Å². The summed E-state index contributed by atoms with van der Waals surface area (Å²) in [6.45, 7) is 4.41. The molecule has 2 N–H and O–H groups in total. The van der Waals surface area contributed by atoms with Gasteiger partial charge in [-0.05, 0) is 31.7 Å². The normalized spacial score (nSPS) is 30.7. The molecule has 2 heterocycles. The second-order valence-corrected chi connectivity index (χ2v) is 4.50. The number of rotatable bonds is 4. The lowest BCUT2D eigenvalue weighted by atomic mass is 10.0. The fraction of sp³-hybridized carbons (Fsp3) is 0.909. The fourth-order valence-electron chi connectivity index (χ4n) is 2.23. The molecule has 0 saturated carbocycles. The number of hydrogen-bond donors (Lipinski definition) is 2. The summed E-state index contributed by atoms with van der Waals surface area (Å²) < 4.78 is 5.29. The minimum atomic E-state index is 0.199. The lowest BCUT2D eigenvalue weighted by molar-refractivity contribution is -0.124. The Labute approximate surface area is 90.8 Å². The molecule has 0 aromatic heterocycles. The van der Waals surface area contributed by atoms with Crippen molar-refractivity contribution in [1.29, 1.82) is 0 Å². The van der Waals surface area contributed by atoms with E-state index in [-0.39, 0.29) is 11.8 Å². The first-order valence-electron chi connectivity index (χ1n) is 5.92. The van der Waals surface area contributed by atoms with Crippen LogP contribution in [-0.2, 0) is 9.53 Å². The van der Waals surface area contributed by atoms with Gasteiger partial charge in [0.15, 0.2) is 0 Å². The Morgan fingerprint density at radius 2 is 2.40 bits per heavy atom. The molecule has 2 saturated heterocycles. The first kappa shape index (κ1) is 10.9. The molecule has 0 aromatic carbocycles. The summed E-state index contributed by atoms with van der Waals surface area (Å²) in [5.74, 6) is 1.08. The standard InChI is InChI=1S/C11H20N2O2/c14-11(10-2-4-12-7-10)13-5-1-9-3-6-15-8-9/h9-10,12H,1-8H2,(H,13,14). The summed E-state index contributed by atoms with van der Waals surface area (Å²) in [7, 11) is 0. The third-order valence-corrected chi connectivity index (χ3v) is 3.31. The number of carbonyl (C=O) groups excluding carboxylic acids is 1. The maximum Gasteiger partial charge on any atom is 0.224 e. The quantitative estimate of drug-likeness (QED) is 0.697. The highest BCUT2D eigenvalue weighted by Crippen LogP contribution is 2.15. The summed E-state index contributed by atoms with van der Waals surface area (Å²) in [6.07, 6.45) is 3.20. The van der Waals surface area contributed by atoms with Gasteiger partial charge in [-0.2, -0.15) is 0 Å². The molecule has 86 valence electrons. The predicted molar refractivity (Wildman–Crippen MR) is 57.5 cm³/mol. The Hall–Kier alpha value is -0.610. The zero-order chi connectivity index (χ0) is 10.5. The van der Waals surface area contributed by atoms with Gasteiger partial charge in [-0.15, -0.1) is 0 Å². The second-order valence-electron chi connectivity index (χ2n) is 4.50. The van der Waals surface area contributed by atoms with E-state index in [2.05, 4.69) is 10.6 Å². The molecule has 0 bridgehead atoms. The predicted octanol–water partition coefficient (Wildman–Crippen LogP) is 0.139. The van der Waals surface area contributed by atoms with Crippen LogP contribution in [0.1, 0.15) is 19.3 Å². The molecular formula is C11H20N2O2. The number of hydrogen-bond acceptors (Lipinski definition) is 3. The van der Waals surface area contributed by atoms with Crippen LogP contribution in [0.4, 0.5) is 0 Å². The van der Waals surface area contributed by atoms with E-state index in [4.69, 9.17) is 4.74 Å². The second kappa shape index (κ2) is 5.47. The van der Waals surface area contributed by atoms with Crippen LogP contribution in [0.25, 0.3) is 0 Å². The molecular weight excluding hydrogens is 192 g/mol. The van der Waals surface area contributed by atoms with Crippen molar-refractivity contribution in [1.82, 2.24) is 10.6 Å². The van der Waals surface area contributed by atoms with Crippen molar-refractivity contribution in [3.8, 4) is 0 Å². The maximum absolute atomic E-state index is 11.6. The van der Waals surface area contributed by atoms with E-state index in [0.29, 0.717) is 5.92 Å². The Balaban J connectivity index is 1.58. The van der Waals surface area contributed by atoms with Gasteiger partial charge in [0.2, 0.25) is 5.91 Å². The first-order valence-corrected chi connectivity index (χ1v) is 5.92. The average molecular weight is 212 g/mol. The van der Waals surface area contributed by atoms with Crippen molar-refractivity contribution >= 4 is 5.91 Å². The van der Waals surface area contributed by atoms with Crippen molar-refractivity contribution in [2.45, 2.75) is 19.3 Å². The van der Waals surface area contributed by atoms with Crippen LogP contribution < -0.4 is 10.6 Å². The molecule has 4 heteroatoms. The van der Waals surface area contributed by atoms with Crippen LogP contribution in [-0.4, -0.2) is 38.8 Å². The van der Waals surface area contributed by atoms with Crippen molar-refractivity contribution < 1.29 is 9.53 Å². The lowest BCUT2D eigenvalue weighted by Crippen LogP contribution is -2.33. The van der Waals surface area contributed by atoms with Crippen LogP contribution in [0, 0.1) is 11.8 Å². The summed E-state index contributed by atoms with van der Waals surface area (Å²) in [5, 5.41) is 6.22. The summed E-state index contributed by atoms with van der Waals surface area (Å²) >= 11 is 0. The molecule has 2 atom stereocenters. The Morgan fingerprint density at radius 1 is 1.47 bits per heavy atom. The van der Waals surface area contributed by atoms with E-state index >= 15 is 0 Å². The molecule has 2 rings (SSSR count). The number of nitrogens with one attached hydrogen (secondary N) is 2. The summed E-state index contributed by atoms with van der Waals surface area (Å²) in [6, 6.07) is 0. The fourth-order valence-corrected chi connectivity index (χ4v) is 2.23. The van der Waals surface area contributed by atoms with Gasteiger partial charge in [0, 0.05) is 26.3 Å². The van der Waals surface area contributed by atoms with Gasteiger partial charge in [0.05, 0.1) is 5.92 Å². The minimum Gasteiger partial charge on any atom is -0.381 e. The van der Waals surface area contributed by atoms with Crippen LogP contribution in [0.3, 0.4) is 0 Å². The molecule has 1 amide bonds. The zero-order valence-corrected chi connectivity index (χ0v) is 9.13. The largest absolute Gasteiger partial charge is 0.381 e. The molecule has 0 aromatic rings. The SMILES string of the molecule is O=C(NCCC1CCOC1)C1CCNC1. The van der Waals surface area contributed by atoms with Gasteiger partial charge in [-0.3, -0.25) is 4.79 Å². The highest BCUT2D eigenvalue weighted by Gasteiger charge is 2.22. The van der Waals surface area contributed by atoms with Gasteiger partial charge < -0.3 is 15.4 Å². The van der Waals surface area contributed by atoms with Gasteiger partial charge in [0.1, 0.15) is 0 Å². The molecule has 0 aliphatic carbocycles. The van der Waals surface area contributed by atoms with E-state index in [1.54, 1.807) is 0 Å². The summed E-state index contributed by atoms with van der Waals surface area (Å²) in [5.41, 5.74) is 0. The average Bonchev–Trinajstić information content (AvgIpc) is 2.90. The monoisotopic (exact) mass is 212 g/mol. The number of ether oxygens (including phenoxy) is 1. The van der Waals surface area contributed by atoms with Gasteiger partial charge in [-0.1, -0.05) is 0 Å². The molecule has 2 fully saturated rings. The van der Waals surface area contributed by atoms with Crippen molar-refractivity contribution in [3.05, 3.63) is 0 Å². The van der Waals surface area contributed by atoms with Crippen molar-refractivity contribution in [2.24, 2.45) is 11.8 Å². The van der Waals surface area contributed by atoms with Crippen LogP contribution >= 0.6 is 0 Å². The number of amides is 1. The molecule has 2 aliphatic rings. The Kier molecular flexibility index (Phi) is 3.97. The molecule has 15 heavy (non-hydrogen) atoms. The third-order valence-electron chi connectivity index (χ3n) is 3.31. The van der Waals surface area contributed by atoms with E-state index in [9.17, 15) is 4.79 Å². The first-order chi connectivity index (χ1) is 7.36. The van der Waals surface area contributed by atoms with E-state index in [1.807, 2.05) is 0 Å². The smallest absolute Gasteiger partial charge is 0.224 e. The minimum absolute atomic E-state index is 0.199. The topological polar surface area (TPSA) is 50.4 Å². The highest BCUT2D eigenvalue weighted by atomic mass is 16.5. The Morgan fingerprint density at radius 3 is 3.07 bits per heavy atom. The number of carbonyl (C=O) groups is 1. The molecule has 0 spiro atoms. The Bertz CT molecular complexity index is 209. The van der Waals surface area contributed by atoms with Gasteiger partial charge >= 0.3 is 0 Å². The highest BCUT2D eigenvalue weighted by molar-refractivity contribution is 5.79. The van der Waals surface area contributed by atoms with E-state index in [1.165, 1.54) is 0 Å². The van der Waals surface area contributed by atoms with E-state index < -0.39 is 0 Å². The maximum atomic E-state index is 11.6. The molecule has 4 nitrogen and oxygen atoms in total. The molecule has 2 aliphatic heterocycles.